The summed E-state index contributed by atoms with van der Waals surface area (Å²) in [5, 5.41) is 3.07. The molecule has 1 aromatic carbocycles. The van der Waals surface area contributed by atoms with E-state index in [9.17, 15) is 13.2 Å². The molecule has 2 aromatic rings. The molecule has 6 nitrogen and oxygen atoms in total. The summed E-state index contributed by atoms with van der Waals surface area (Å²) in [5.74, 6) is -0.128. The van der Waals surface area contributed by atoms with Gasteiger partial charge in [0.1, 0.15) is 0 Å². The molecule has 3 heterocycles. The maximum absolute atomic E-state index is 13.1. The van der Waals surface area contributed by atoms with E-state index < -0.39 is 10.0 Å². The van der Waals surface area contributed by atoms with Gasteiger partial charge < -0.3 is 5.32 Å². The van der Waals surface area contributed by atoms with Crippen LogP contribution in [0.15, 0.2) is 53.7 Å². The maximum atomic E-state index is 13.1. The van der Waals surface area contributed by atoms with E-state index in [0.717, 1.165) is 18.4 Å². The van der Waals surface area contributed by atoms with Gasteiger partial charge in [0.2, 0.25) is 10.0 Å². The van der Waals surface area contributed by atoms with Crippen LogP contribution in [0.5, 0.6) is 0 Å². The van der Waals surface area contributed by atoms with Crippen LogP contribution in [0.1, 0.15) is 41.6 Å². The zero-order chi connectivity index (χ0) is 19.0. The third-order valence-corrected chi connectivity index (χ3v) is 7.56. The van der Waals surface area contributed by atoms with Gasteiger partial charge in [0.25, 0.3) is 5.91 Å². The molecule has 2 unspecified atom stereocenters. The molecule has 2 atom stereocenters. The minimum Gasteiger partial charge on any atom is -0.349 e. The van der Waals surface area contributed by atoms with E-state index in [2.05, 4.69) is 10.3 Å². The number of sulfonamides is 1. The van der Waals surface area contributed by atoms with Gasteiger partial charge in [0.15, 0.2) is 0 Å². The summed E-state index contributed by atoms with van der Waals surface area (Å²) in [7, 11) is -3.51. The normalized spacial score (nSPS) is 25.3. The first-order valence-electron chi connectivity index (χ1n) is 9.26. The number of carbonyl (C=O) groups excluding carboxylic acids is 1. The van der Waals surface area contributed by atoms with Crippen molar-refractivity contribution in [3.05, 3.63) is 59.9 Å². The Morgan fingerprint density at radius 1 is 1.04 bits per heavy atom. The zero-order valence-electron chi connectivity index (χ0n) is 15.2. The molecule has 2 aliphatic rings. The third kappa shape index (κ3) is 3.49. The first kappa shape index (κ1) is 18.1. The van der Waals surface area contributed by atoms with Crippen LogP contribution in [0.3, 0.4) is 0 Å². The van der Waals surface area contributed by atoms with E-state index in [-0.39, 0.29) is 24.0 Å². The predicted octanol–water partition coefficient (Wildman–Crippen LogP) is 2.50. The van der Waals surface area contributed by atoms with E-state index >= 15 is 0 Å². The van der Waals surface area contributed by atoms with Crippen LogP contribution < -0.4 is 5.32 Å². The van der Waals surface area contributed by atoms with Gasteiger partial charge in [-0.15, -0.1) is 0 Å². The standard InChI is InChI=1S/C20H23N3O3S/c1-14-2-6-19(7-3-14)27(25,26)23-17-4-5-18(23)13-16(12-17)22-20(24)15-8-10-21-11-9-15/h2-3,6-11,16-18H,4-5,12-13H2,1H3,(H,22,24). The molecule has 27 heavy (non-hydrogen) atoms. The Kier molecular flexibility index (Phi) is 4.74. The molecule has 1 amide bonds. The monoisotopic (exact) mass is 385 g/mol. The number of piperidine rings is 1. The zero-order valence-corrected chi connectivity index (χ0v) is 16.0. The second-order valence-corrected chi connectivity index (χ2v) is 9.25. The largest absolute Gasteiger partial charge is 0.349 e. The van der Waals surface area contributed by atoms with Crippen molar-refractivity contribution >= 4 is 15.9 Å². The van der Waals surface area contributed by atoms with Gasteiger partial charge in [0, 0.05) is 36.1 Å². The molecule has 0 aliphatic carbocycles. The van der Waals surface area contributed by atoms with Crippen LogP contribution in [0, 0.1) is 6.92 Å². The lowest BCUT2D eigenvalue weighted by molar-refractivity contribution is 0.0909. The summed E-state index contributed by atoms with van der Waals surface area (Å²) in [6, 6.07) is 10.3. The van der Waals surface area contributed by atoms with E-state index in [1.165, 1.54) is 0 Å². The molecule has 2 bridgehead atoms. The lowest BCUT2D eigenvalue weighted by Gasteiger charge is -2.38. The van der Waals surface area contributed by atoms with Gasteiger partial charge in [-0.05, 0) is 56.9 Å². The first-order chi connectivity index (χ1) is 12.9. The number of benzene rings is 1. The van der Waals surface area contributed by atoms with Crippen LogP contribution in [-0.4, -0.2) is 41.7 Å². The van der Waals surface area contributed by atoms with Crippen molar-refractivity contribution in [3.63, 3.8) is 0 Å². The summed E-state index contributed by atoms with van der Waals surface area (Å²) < 4.78 is 28.0. The Bertz CT molecular complexity index is 915. The number of rotatable bonds is 4. The van der Waals surface area contributed by atoms with Crippen molar-refractivity contribution < 1.29 is 13.2 Å². The quantitative estimate of drug-likeness (QED) is 0.877. The van der Waals surface area contributed by atoms with Gasteiger partial charge >= 0.3 is 0 Å². The van der Waals surface area contributed by atoms with Crippen molar-refractivity contribution in [1.29, 1.82) is 0 Å². The fourth-order valence-electron chi connectivity index (χ4n) is 4.25. The van der Waals surface area contributed by atoms with Gasteiger partial charge in [-0.25, -0.2) is 8.42 Å². The lowest BCUT2D eigenvalue weighted by atomic mass is 9.99. The Balaban J connectivity index is 1.49. The molecule has 142 valence electrons. The maximum Gasteiger partial charge on any atom is 0.251 e. The molecule has 7 heteroatoms. The Hall–Kier alpha value is -2.25. The number of amides is 1. The number of aromatic nitrogens is 1. The fraction of sp³-hybridized carbons (Fsp3) is 0.400. The summed E-state index contributed by atoms with van der Waals surface area (Å²) in [4.78, 5) is 16.7. The summed E-state index contributed by atoms with van der Waals surface area (Å²) in [6.45, 7) is 1.94. The molecule has 2 aliphatic heterocycles. The molecule has 2 fully saturated rings. The minimum absolute atomic E-state index is 0.00682. The van der Waals surface area contributed by atoms with Crippen LogP contribution in [-0.2, 0) is 10.0 Å². The number of aryl methyl sites for hydroxylation is 1. The number of hydrogen-bond acceptors (Lipinski definition) is 4. The Morgan fingerprint density at radius 3 is 2.22 bits per heavy atom. The second-order valence-electron chi connectivity index (χ2n) is 7.41. The molecular formula is C20H23N3O3S. The number of fused-ring (bicyclic) bond motifs is 2. The van der Waals surface area contributed by atoms with Crippen LogP contribution in [0.25, 0.3) is 0 Å². The first-order valence-corrected chi connectivity index (χ1v) is 10.7. The molecule has 2 saturated heterocycles. The van der Waals surface area contributed by atoms with Gasteiger partial charge in [-0.3, -0.25) is 9.78 Å². The average Bonchev–Trinajstić information content (AvgIpc) is 2.95. The number of hydrogen-bond donors (Lipinski definition) is 1. The van der Waals surface area contributed by atoms with E-state index in [1.54, 1.807) is 41.0 Å². The molecule has 1 aromatic heterocycles. The molecule has 1 N–H and O–H groups in total. The highest BCUT2D eigenvalue weighted by Gasteiger charge is 2.47. The van der Waals surface area contributed by atoms with Crippen LogP contribution >= 0.6 is 0 Å². The van der Waals surface area contributed by atoms with Crippen molar-refractivity contribution in [2.45, 2.75) is 55.6 Å². The molecular weight excluding hydrogens is 362 g/mol. The predicted molar refractivity (Wildman–Crippen MR) is 102 cm³/mol. The molecule has 0 spiro atoms. The van der Waals surface area contributed by atoms with Crippen molar-refractivity contribution in [2.24, 2.45) is 0 Å². The lowest BCUT2D eigenvalue weighted by Crippen LogP contribution is -2.52. The number of nitrogens with zero attached hydrogens (tertiary/aromatic N) is 2. The summed E-state index contributed by atoms with van der Waals surface area (Å²) in [5.41, 5.74) is 1.61. The second kappa shape index (κ2) is 7.05. The van der Waals surface area contributed by atoms with Crippen molar-refractivity contribution in [1.82, 2.24) is 14.6 Å². The van der Waals surface area contributed by atoms with Crippen molar-refractivity contribution in [2.75, 3.05) is 0 Å². The number of pyridine rings is 1. The Morgan fingerprint density at radius 2 is 1.63 bits per heavy atom. The SMILES string of the molecule is Cc1ccc(S(=O)(=O)N2C3CCC2CC(NC(=O)c2ccncc2)C3)cc1. The van der Waals surface area contributed by atoms with Crippen LogP contribution in [0.4, 0.5) is 0 Å². The fourth-order valence-corrected chi connectivity index (χ4v) is 6.14. The highest BCUT2D eigenvalue weighted by atomic mass is 32.2. The highest BCUT2D eigenvalue weighted by Crippen LogP contribution is 2.39. The molecule has 4 rings (SSSR count). The van der Waals surface area contributed by atoms with E-state index in [0.29, 0.717) is 23.3 Å². The Labute approximate surface area is 159 Å². The van der Waals surface area contributed by atoms with Gasteiger partial charge in [-0.2, -0.15) is 4.31 Å². The van der Waals surface area contributed by atoms with Gasteiger partial charge in [-0.1, -0.05) is 17.7 Å². The molecule has 0 radical (unpaired) electrons. The van der Waals surface area contributed by atoms with Gasteiger partial charge in [0.05, 0.1) is 4.90 Å². The number of carbonyl (C=O) groups is 1. The van der Waals surface area contributed by atoms with Crippen molar-refractivity contribution in [3.8, 4) is 0 Å². The van der Waals surface area contributed by atoms with E-state index in [1.807, 2.05) is 19.1 Å². The van der Waals surface area contributed by atoms with E-state index in [4.69, 9.17) is 0 Å². The summed E-state index contributed by atoms with van der Waals surface area (Å²) >= 11 is 0. The summed E-state index contributed by atoms with van der Waals surface area (Å²) in [6.07, 6.45) is 6.18. The topological polar surface area (TPSA) is 79.4 Å². The minimum atomic E-state index is -3.51. The highest BCUT2D eigenvalue weighted by molar-refractivity contribution is 7.89. The van der Waals surface area contributed by atoms with Crippen LogP contribution in [0.2, 0.25) is 0 Å². The molecule has 0 saturated carbocycles. The smallest absolute Gasteiger partial charge is 0.251 e. The average molecular weight is 385 g/mol. The third-order valence-electron chi connectivity index (χ3n) is 5.54. The number of nitrogens with one attached hydrogen (secondary N) is 1.